The number of benzene rings is 3. The predicted molar refractivity (Wildman–Crippen MR) is 137 cm³/mol. The van der Waals surface area contributed by atoms with E-state index in [0.29, 0.717) is 13.0 Å². The third-order valence-corrected chi connectivity index (χ3v) is 6.33. The fourth-order valence-electron chi connectivity index (χ4n) is 4.44. The Bertz CT molecular complexity index is 1060. The SMILES string of the molecule is O=C(CN1CCC(NC(=O)CCc2ccccc2)CC1)Nc1ccccc1Cc1ccccc1. The summed E-state index contributed by atoms with van der Waals surface area (Å²) in [5.41, 5.74) is 4.39. The molecule has 0 bridgehead atoms. The second-order valence-corrected chi connectivity index (χ2v) is 8.97. The number of carbonyl (C=O) groups excluding carboxylic acids is 2. The van der Waals surface area contributed by atoms with Crippen LogP contribution in [0.5, 0.6) is 0 Å². The number of hydrogen-bond donors (Lipinski definition) is 2. The van der Waals surface area contributed by atoms with Crippen LogP contribution in [0.25, 0.3) is 0 Å². The van der Waals surface area contributed by atoms with Gasteiger partial charge in [0.15, 0.2) is 0 Å². The minimum Gasteiger partial charge on any atom is -0.353 e. The van der Waals surface area contributed by atoms with E-state index in [4.69, 9.17) is 0 Å². The van der Waals surface area contributed by atoms with Crippen molar-refractivity contribution in [1.29, 1.82) is 0 Å². The van der Waals surface area contributed by atoms with E-state index in [0.717, 1.165) is 50.0 Å². The van der Waals surface area contributed by atoms with Gasteiger partial charge in [-0.15, -0.1) is 0 Å². The molecule has 5 nitrogen and oxygen atoms in total. The van der Waals surface area contributed by atoms with Gasteiger partial charge in [0, 0.05) is 31.2 Å². The highest BCUT2D eigenvalue weighted by Gasteiger charge is 2.22. The van der Waals surface area contributed by atoms with Crippen molar-refractivity contribution in [3.63, 3.8) is 0 Å². The molecule has 0 unspecified atom stereocenters. The monoisotopic (exact) mass is 455 g/mol. The molecule has 3 aromatic carbocycles. The van der Waals surface area contributed by atoms with Crippen LogP contribution in [0.2, 0.25) is 0 Å². The van der Waals surface area contributed by atoms with Crippen molar-refractivity contribution in [1.82, 2.24) is 10.2 Å². The first kappa shape index (κ1) is 23.7. The predicted octanol–water partition coefficient (Wildman–Crippen LogP) is 4.43. The average molecular weight is 456 g/mol. The maximum atomic E-state index is 12.7. The van der Waals surface area contributed by atoms with Crippen LogP contribution >= 0.6 is 0 Å². The first-order valence-corrected chi connectivity index (χ1v) is 12.1. The molecule has 0 aliphatic carbocycles. The lowest BCUT2D eigenvalue weighted by Crippen LogP contribution is -2.46. The lowest BCUT2D eigenvalue weighted by Gasteiger charge is -2.32. The van der Waals surface area contributed by atoms with Gasteiger partial charge in [-0.1, -0.05) is 78.9 Å². The number of likely N-dealkylation sites (tertiary alicyclic amines) is 1. The van der Waals surface area contributed by atoms with Crippen LogP contribution in [-0.4, -0.2) is 42.4 Å². The van der Waals surface area contributed by atoms with Crippen LogP contribution < -0.4 is 10.6 Å². The Morgan fingerprint density at radius 2 is 1.38 bits per heavy atom. The maximum Gasteiger partial charge on any atom is 0.238 e. The third-order valence-electron chi connectivity index (χ3n) is 6.33. The maximum absolute atomic E-state index is 12.7. The van der Waals surface area contributed by atoms with E-state index in [2.05, 4.69) is 45.9 Å². The average Bonchev–Trinajstić information content (AvgIpc) is 2.86. The molecule has 5 heteroatoms. The van der Waals surface area contributed by atoms with Crippen LogP contribution in [0.4, 0.5) is 5.69 Å². The molecule has 0 atom stereocenters. The molecule has 34 heavy (non-hydrogen) atoms. The smallest absolute Gasteiger partial charge is 0.238 e. The highest BCUT2D eigenvalue weighted by molar-refractivity contribution is 5.93. The molecular formula is C29H33N3O2. The van der Waals surface area contributed by atoms with Crippen LogP contribution in [-0.2, 0) is 22.4 Å². The first-order chi connectivity index (χ1) is 16.7. The third kappa shape index (κ3) is 7.29. The summed E-state index contributed by atoms with van der Waals surface area (Å²) in [7, 11) is 0. The molecule has 2 N–H and O–H groups in total. The van der Waals surface area contributed by atoms with Gasteiger partial charge in [0.1, 0.15) is 0 Å². The fourth-order valence-corrected chi connectivity index (χ4v) is 4.44. The van der Waals surface area contributed by atoms with Gasteiger partial charge in [0.05, 0.1) is 6.54 Å². The quantitative estimate of drug-likeness (QED) is 0.502. The van der Waals surface area contributed by atoms with Crippen LogP contribution in [0.3, 0.4) is 0 Å². The van der Waals surface area contributed by atoms with Gasteiger partial charge in [0.25, 0.3) is 0 Å². The zero-order valence-electron chi connectivity index (χ0n) is 19.6. The summed E-state index contributed by atoms with van der Waals surface area (Å²) in [6.07, 6.45) is 3.79. The topological polar surface area (TPSA) is 61.4 Å². The summed E-state index contributed by atoms with van der Waals surface area (Å²) in [5, 5.41) is 6.27. The molecule has 2 amide bonds. The molecule has 0 saturated carbocycles. The van der Waals surface area contributed by atoms with Crippen molar-refractivity contribution in [2.75, 3.05) is 25.0 Å². The largest absolute Gasteiger partial charge is 0.353 e. The summed E-state index contributed by atoms with van der Waals surface area (Å²) in [5.74, 6) is 0.112. The number of para-hydroxylation sites is 1. The second-order valence-electron chi connectivity index (χ2n) is 8.97. The molecular weight excluding hydrogens is 422 g/mol. The van der Waals surface area contributed by atoms with E-state index in [-0.39, 0.29) is 17.9 Å². The Hall–Kier alpha value is -3.44. The minimum absolute atomic E-state index is 0.00542. The Labute approximate surface area is 202 Å². The van der Waals surface area contributed by atoms with E-state index in [1.807, 2.05) is 54.6 Å². The van der Waals surface area contributed by atoms with E-state index in [1.165, 1.54) is 11.1 Å². The number of amides is 2. The van der Waals surface area contributed by atoms with Gasteiger partial charge in [-0.2, -0.15) is 0 Å². The van der Waals surface area contributed by atoms with Gasteiger partial charge in [0.2, 0.25) is 11.8 Å². The molecule has 0 aromatic heterocycles. The summed E-state index contributed by atoms with van der Waals surface area (Å²) < 4.78 is 0. The number of nitrogens with one attached hydrogen (secondary N) is 2. The molecule has 1 aliphatic rings. The van der Waals surface area contributed by atoms with Gasteiger partial charge in [-0.25, -0.2) is 0 Å². The van der Waals surface area contributed by atoms with E-state index in [1.54, 1.807) is 0 Å². The van der Waals surface area contributed by atoms with Gasteiger partial charge >= 0.3 is 0 Å². The number of anilines is 1. The van der Waals surface area contributed by atoms with Crippen molar-refractivity contribution >= 4 is 17.5 Å². The standard InChI is InChI=1S/C29H33N3O2/c33-28(16-15-23-9-3-1-4-10-23)30-26-17-19-32(20-18-26)22-29(34)31-27-14-8-7-13-25(27)21-24-11-5-2-6-12-24/h1-14,26H,15-22H2,(H,30,33)(H,31,34). The second kappa shape index (κ2) is 12.1. The van der Waals surface area contributed by atoms with Crippen LogP contribution in [0, 0.1) is 0 Å². The Balaban J connectivity index is 1.20. The van der Waals surface area contributed by atoms with Gasteiger partial charge in [-0.3, -0.25) is 14.5 Å². The summed E-state index contributed by atoms with van der Waals surface area (Å²) in [4.78, 5) is 27.2. The zero-order valence-corrected chi connectivity index (χ0v) is 19.6. The van der Waals surface area contributed by atoms with Crippen molar-refractivity contribution in [2.45, 2.75) is 38.1 Å². The molecule has 0 spiro atoms. The van der Waals surface area contributed by atoms with Crippen molar-refractivity contribution in [3.8, 4) is 0 Å². The van der Waals surface area contributed by atoms with Crippen LogP contribution in [0.1, 0.15) is 36.0 Å². The fraction of sp³-hybridized carbons (Fsp3) is 0.310. The van der Waals surface area contributed by atoms with Crippen molar-refractivity contribution in [2.24, 2.45) is 0 Å². The number of aryl methyl sites for hydroxylation is 1. The van der Waals surface area contributed by atoms with E-state index in [9.17, 15) is 9.59 Å². The molecule has 4 rings (SSSR count). The molecule has 0 radical (unpaired) electrons. The number of piperidine rings is 1. The van der Waals surface area contributed by atoms with Gasteiger partial charge in [-0.05, 0) is 48.4 Å². The number of hydrogen-bond acceptors (Lipinski definition) is 3. The molecule has 176 valence electrons. The first-order valence-electron chi connectivity index (χ1n) is 12.1. The molecule has 1 heterocycles. The Morgan fingerprint density at radius 3 is 2.09 bits per heavy atom. The van der Waals surface area contributed by atoms with Crippen molar-refractivity contribution < 1.29 is 9.59 Å². The summed E-state index contributed by atoms with van der Waals surface area (Å²) >= 11 is 0. The molecule has 1 saturated heterocycles. The molecule has 1 fully saturated rings. The Morgan fingerprint density at radius 1 is 0.765 bits per heavy atom. The lowest BCUT2D eigenvalue weighted by atomic mass is 10.0. The van der Waals surface area contributed by atoms with Gasteiger partial charge < -0.3 is 10.6 Å². The van der Waals surface area contributed by atoms with E-state index < -0.39 is 0 Å². The summed E-state index contributed by atoms with van der Waals surface area (Å²) in [6, 6.07) is 28.6. The Kier molecular flexibility index (Phi) is 8.47. The zero-order chi connectivity index (χ0) is 23.6. The van der Waals surface area contributed by atoms with E-state index >= 15 is 0 Å². The number of carbonyl (C=O) groups is 2. The van der Waals surface area contributed by atoms with Crippen molar-refractivity contribution in [3.05, 3.63) is 102 Å². The normalized spacial score (nSPS) is 14.5. The summed E-state index contributed by atoms with van der Waals surface area (Å²) in [6.45, 7) is 1.99. The lowest BCUT2D eigenvalue weighted by molar-refractivity contribution is -0.122. The molecule has 3 aromatic rings. The molecule has 1 aliphatic heterocycles. The minimum atomic E-state index is 0.00542. The number of rotatable bonds is 9. The highest BCUT2D eigenvalue weighted by Crippen LogP contribution is 2.19. The van der Waals surface area contributed by atoms with Crippen LogP contribution in [0.15, 0.2) is 84.9 Å². The number of nitrogens with zero attached hydrogens (tertiary/aromatic N) is 1. The highest BCUT2D eigenvalue weighted by atomic mass is 16.2.